The Morgan fingerprint density at radius 1 is 1.18 bits per heavy atom. The lowest BCUT2D eigenvalue weighted by Crippen LogP contribution is -2.35. The van der Waals surface area contributed by atoms with E-state index in [1.807, 2.05) is 24.3 Å². The monoisotopic (exact) mass is 378 g/mol. The Labute approximate surface area is 162 Å². The van der Waals surface area contributed by atoms with Crippen LogP contribution in [0.25, 0.3) is 11.0 Å². The van der Waals surface area contributed by atoms with Crippen LogP contribution in [0.15, 0.2) is 51.9 Å². The molecule has 1 aliphatic carbocycles. The van der Waals surface area contributed by atoms with Gasteiger partial charge in [0.25, 0.3) is 5.91 Å². The molecule has 0 bridgehead atoms. The van der Waals surface area contributed by atoms with Crippen LogP contribution in [0.5, 0.6) is 5.75 Å². The quantitative estimate of drug-likeness (QED) is 0.690. The fourth-order valence-corrected chi connectivity index (χ4v) is 3.59. The van der Waals surface area contributed by atoms with Gasteiger partial charge < -0.3 is 14.5 Å². The second kappa shape index (κ2) is 7.84. The minimum absolute atomic E-state index is 0.219. The van der Waals surface area contributed by atoms with Crippen molar-refractivity contribution in [3.8, 4) is 5.75 Å². The van der Waals surface area contributed by atoms with Crippen LogP contribution >= 0.6 is 0 Å². The van der Waals surface area contributed by atoms with Gasteiger partial charge in [0.05, 0.1) is 0 Å². The predicted molar refractivity (Wildman–Crippen MR) is 105 cm³/mol. The van der Waals surface area contributed by atoms with Crippen molar-refractivity contribution < 1.29 is 13.9 Å². The van der Waals surface area contributed by atoms with Crippen LogP contribution in [0.4, 0.5) is 0 Å². The van der Waals surface area contributed by atoms with E-state index in [1.165, 1.54) is 0 Å². The fraction of sp³-hybridized carbons (Fsp3) is 0.318. The molecule has 1 N–H and O–H groups in total. The Bertz CT molecular complexity index is 1060. The molecule has 0 radical (unpaired) electrons. The zero-order chi connectivity index (χ0) is 19.5. The minimum atomic E-state index is -0.677. The first kappa shape index (κ1) is 18.2. The summed E-state index contributed by atoms with van der Waals surface area (Å²) in [5.41, 5.74) is 3.10. The molecule has 4 rings (SSSR count). The molecule has 6 nitrogen and oxygen atoms in total. The molecule has 0 saturated carbocycles. The fourth-order valence-electron chi connectivity index (χ4n) is 3.59. The third kappa shape index (κ3) is 3.76. The molecule has 0 saturated heterocycles. The number of carbonyl (C=O) groups excluding carboxylic acids is 1. The van der Waals surface area contributed by atoms with E-state index in [0.717, 1.165) is 47.8 Å². The maximum atomic E-state index is 12.3. The van der Waals surface area contributed by atoms with E-state index in [-0.39, 0.29) is 11.5 Å². The van der Waals surface area contributed by atoms with E-state index in [4.69, 9.17) is 9.15 Å². The molecular formula is C22H22N2O4. The molecule has 0 spiro atoms. The molecule has 28 heavy (non-hydrogen) atoms. The molecule has 0 unspecified atom stereocenters. The average molecular weight is 378 g/mol. The predicted octanol–water partition coefficient (Wildman–Crippen LogP) is 3.15. The summed E-state index contributed by atoms with van der Waals surface area (Å²) in [4.78, 5) is 28.5. The second-order valence-corrected chi connectivity index (χ2v) is 7.05. The highest BCUT2D eigenvalue weighted by Gasteiger charge is 2.19. The molecule has 1 atom stereocenters. The van der Waals surface area contributed by atoms with Gasteiger partial charge in [-0.15, -0.1) is 0 Å². The number of pyridine rings is 1. The SMILES string of the molecule is C[C@H](Oc1ccc2c3c(c(=O)oc2c1)CCCC3)C(=O)NCc1ccncc1. The molecule has 0 fully saturated rings. The molecule has 1 amide bonds. The highest BCUT2D eigenvalue weighted by atomic mass is 16.5. The Balaban J connectivity index is 1.48. The van der Waals surface area contributed by atoms with Crippen molar-refractivity contribution in [1.82, 2.24) is 10.3 Å². The van der Waals surface area contributed by atoms with Gasteiger partial charge in [-0.05, 0) is 68.0 Å². The van der Waals surface area contributed by atoms with E-state index in [9.17, 15) is 9.59 Å². The van der Waals surface area contributed by atoms with Crippen LogP contribution in [0, 0.1) is 0 Å². The van der Waals surface area contributed by atoms with Gasteiger partial charge in [0, 0.05) is 36.0 Å². The molecule has 1 aliphatic rings. The van der Waals surface area contributed by atoms with Gasteiger partial charge in [0.2, 0.25) is 0 Å². The summed E-state index contributed by atoms with van der Waals surface area (Å²) in [6.07, 6.45) is 6.47. The normalized spacial score (nSPS) is 14.3. The second-order valence-electron chi connectivity index (χ2n) is 7.05. The van der Waals surface area contributed by atoms with E-state index >= 15 is 0 Å². The maximum absolute atomic E-state index is 12.3. The molecule has 144 valence electrons. The largest absolute Gasteiger partial charge is 0.481 e. The molecule has 3 aromatic rings. The number of nitrogens with one attached hydrogen (secondary N) is 1. The number of rotatable bonds is 5. The molecule has 2 aromatic heterocycles. The summed E-state index contributed by atoms with van der Waals surface area (Å²) in [6, 6.07) is 9.12. The average Bonchev–Trinajstić information content (AvgIpc) is 2.73. The van der Waals surface area contributed by atoms with Crippen LogP contribution < -0.4 is 15.7 Å². The van der Waals surface area contributed by atoms with Gasteiger partial charge in [-0.3, -0.25) is 9.78 Å². The number of aryl methyl sites for hydroxylation is 1. The summed E-state index contributed by atoms with van der Waals surface area (Å²) in [6.45, 7) is 2.10. The molecule has 0 aliphatic heterocycles. The van der Waals surface area contributed by atoms with Crippen LogP contribution in [-0.2, 0) is 24.2 Å². The van der Waals surface area contributed by atoms with Gasteiger partial charge in [-0.2, -0.15) is 0 Å². The van der Waals surface area contributed by atoms with E-state index in [0.29, 0.717) is 17.9 Å². The van der Waals surface area contributed by atoms with E-state index in [1.54, 1.807) is 25.4 Å². The lowest BCUT2D eigenvalue weighted by atomic mass is 9.91. The molecule has 1 aromatic carbocycles. The van der Waals surface area contributed by atoms with Crippen molar-refractivity contribution in [2.24, 2.45) is 0 Å². The van der Waals surface area contributed by atoms with E-state index < -0.39 is 6.10 Å². The Kier molecular flexibility index (Phi) is 5.10. The van der Waals surface area contributed by atoms with Gasteiger partial charge in [-0.25, -0.2) is 4.79 Å². The van der Waals surface area contributed by atoms with Crippen molar-refractivity contribution in [3.05, 3.63) is 69.8 Å². The first-order valence-electron chi connectivity index (χ1n) is 9.54. The zero-order valence-electron chi connectivity index (χ0n) is 15.7. The minimum Gasteiger partial charge on any atom is -0.481 e. The molecule has 2 heterocycles. The standard InChI is InChI=1S/C22H22N2O4/c1-14(21(25)24-13-15-8-10-23-11-9-15)27-16-6-7-18-17-4-2-3-5-19(17)22(26)28-20(18)12-16/h6-12,14H,2-5,13H2,1H3,(H,24,25)/t14-/m0/s1. The van der Waals surface area contributed by atoms with Crippen LogP contribution in [0.2, 0.25) is 0 Å². The number of hydrogen-bond acceptors (Lipinski definition) is 5. The summed E-state index contributed by atoms with van der Waals surface area (Å²) in [5.74, 6) is 0.279. The highest BCUT2D eigenvalue weighted by Crippen LogP contribution is 2.29. The number of benzene rings is 1. The first-order valence-corrected chi connectivity index (χ1v) is 9.54. The third-order valence-electron chi connectivity index (χ3n) is 5.09. The third-order valence-corrected chi connectivity index (χ3v) is 5.09. The highest BCUT2D eigenvalue weighted by molar-refractivity contribution is 5.83. The number of aromatic nitrogens is 1. The topological polar surface area (TPSA) is 81.4 Å². The van der Waals surface area contributed by atoms with Crippen LogP contribution in [0.1, 0.15) is 36.5 Å². The van der Waals surface area contributed by atoms with Crippen LogP contribution in [0.3, 0.4) is 0 Å². The van der Waals surface area contributed by atoms with Gasteiger partial charge >= 0.3 is 5.63 Å². The molecular weight excluding hydrogens is 356 g/mol. The van der Waals surface area contributed by atoms with Gasteiger partial charge in [0.1, 0.15) is 11.3 Å². The van der Waals surface area contributed by atoms with Crippen molar-refractivity contribution in [3.63, 3.8) is 0 Å². The molecule has 6 heteroatoms. The summed E-state index contributed by atoms with van der Waals surface area (Å²) < 4.78 is 11.3. The van der Waals surface area contributed by atoms with Gasteiger partial charge in [-0.1, -0.05) is 0 Å². The lowest BCUT2D eigenvalue weighted by Gasteiger charge is -2.18. The summed E-state index contributed by atoms with van der Waals surface area (Å²) >= 11 is 0. The van der Waals surface area contributed by atoms with Gasteiger partial charge in [0.15, 0.2) is 6.10 Å². The van der Waals surface area contributed by atoms with Crippen molar-refractivity contribution in [2.45, 2.75) is 45.3 Å². The van der Waals surface area contributed by atoms with E-state index in [2.05, 4.69) is 10.3 Å². The van der Waals surface area contributed by atoms with Crippen molar-refractivity contribution in [2.75, 3.05) is 0 Å². The van der Waals surface area contributed by atoms with Crippen LogP contribution in [-0.4, -0.2) is 17.0 Å². The Hall–Kier alpha value is -3.15. The zero-order valence-corrected chi connectivity index (χ0v) is 15.7. The lowest BCUT2D eigenvalue weighted by molar-refractivity contribution is -0.127. The van der Waals surface area contributed by atoms with Crippen molar-refractivity contribution >= 4 is 16.9 Å². The number of amides is 1. The number of nitrogens with zero attached hydrogens (tertiary/aromatic N) is 1. The number of ether oxygens (including phenoxy) is 1. The number of hydrogen-bond donors (Lipinski definition) is 1. The Morgan fingerprint density at radius 2 is 1.93 bits per heavy atom. The summed E-state index contributed by atoms with van der Waals surface area (Å²) in [7, 11) is 0. The van der Waals surface area contributed by atoms with Crippen molar-refractivity contribution in [1.29, 1.82) is 0 Å². The summed E-state index contributed by atoms with van der Waals surface area (Å²) in [5, 5.41) is 3.80. The smallest absolute Gasteiger partial charge is 0.339 e. The number of carbonyl (C=O) groups is 1. The number of fused-ring (bicyclic) bond motifs is 3. The Morgan fingerprint density at radius 3 is 2.71 bits per heavy atom. The maximum Gasteiger partial charge on any atom is 0.339 e. The first-order chi connectivity index (χ1) is 13.6.